The van der Waals surface area contributed by atoms with Gasteiger partial charge in [0.05, 0.1) is 6.07 Å². The average molecular weight is 452 g/mol. The Hall–Kier alpha value is -2.88. The fourth-order valence-electron chi connectivity index (χ4n) is 5.45. The molecular formula is C26H33N3O4. The lowest BCUT2D eigenvalue weighted by atomic mass is 9.67. The molecule has 1 aromatic carbocycles. The lowest BCUT2D eigenvalue weighted by Gasteiger charge is -2.37. The second-order valence-electron chi connectivity index (χ2n) is 10.0. The number of Topliss-reactive ketones (excluding diaryl/α,β-unsaturated/α-hetero) is 1. The van der Waals surface area contributed by atoms with Crippen molar-refractivity contribution in [2.45, 2.75) is 76.8 Å². The Balaban J connectivity index is 1.39. The molecule has 7 nitrogen and oxygen atoms in total. The molecule has 33 heavy (non-hydrogen) atoms. The second-order valence-corrected chi connectivity index (χ2v) is 10.0. The maximum absolute atomic E-state index is 13.2. The highest BCUT2D eigenvalue weighted by molar-refractivity contribution is 5.89. The first kappa shape index (κ1) is 23.3. The van der Waals surface area contributed by atoms with Crippen molar-refractivity contribution < 1.29 is 19.1 Å². The van der Waals surface area contributed by atoms with Crippen molar-refractivity contribution in [3.63, 3.8) is 0 Å². The molecule has 1 N–H and O–H groups in total. The number of aryl methyl sites for hydroxylation is 1. The summed E-state index contributed by atoms with van der Waals surface area (Å²) in [6.45, 7) is 2.42. The summed E-state index contributed by atoms with van der Waals surface area (Å²) in [5.41, 5.74) is 1.11. The number of hydrogen-bond donors (Lipinski definition) is 1. The van der Waals surface area contributed by atoms with E-state index in [1.54, 1.807) is 4.90 Å². The van der Waals surface area contributed by atoms with Gasteiger partial charge in [0.1, 0.15) is 23.6 Å². The molecule has 0 bridgehead atoms. The van der Waals surface area contributed by atoms with Crippen LogP contribution in [0.25, 0.3) is 0 Å². The van der Waals surface area contributed by atoms with Gasteiger partial charge in [0.2, 0.25) is 5.91 Å². The molecule has 3 fully saturated rings. The Morgan fingerprint density at radius 2 is 2.00 bits per heavy atom. The van der Waals surface area contributed by atoms with E-state index in [1.807, 2.05) is 31.2 Å². The van der Waals surface area contributed by atoms with E-state index < -0.39 is 12.1 Å². The Morgan fingerprint density at radius 3 is 2.64 bits per heavy atom. The minimum atomic E-state index is -0.719. The number of benzene rings is 1. The van der Waals surface area contributed by atoms with Crippen LogP contribution >= 0.6 is 0 Å². The number of nitriles is 1. The summed E-state index contributed by atoms with van der Waals surface area (Å²) in [6.07, 6.45) is 7.34. The lowest BCUT2D eigenvalue weighted by molar-refractivity contribution is -0.140. The molecule has 0 unspecified atom stereocenters. The Labute approximate surface area is 195 Å². The van der Waals surface area contributed by atoms with Crippen LogP contribution in [0.3, 0.4) is 0 Å². The molecule has 176 valence electrons. The zero-order chi connectivity index (χ0) is 23.4. The van der Waals surface area contributed by atoms with Gasteiger partial charge in [0, 0.05) is 18.9 Å². The summed E-state index contributed by atoms with van der Waals surface area (Å²) in [6, 6.07) is 8.34. The number of carbonyl (C=O) groups excluding carboxylic acids is 3. The SMILES string of the molecule is Cc1ccc(OCC(=O)N2CC3(CCC3)C[C@H]2C(=O)N[C@H](C#N)C[C@@H]2CCCCC2=O)cc1. The summed E-state index contributed by atoms with van der Waals surface area (Å²) in [7, 11) is 0. The Morgan fingerprint density at radius 1 is 1.24 bits per heavy atom. The zero-order valence-electron chi connectivity index (χ0n) is 19.3. The molecule has 2 amide bonds. The summed E-state index contributed by atoms with van der Waals surface area (Å²) in [5.74, 6) is 0.142. The molecule has 1 heterocycles. The van der Waals surface area contributed by atoms with E-state index >= 15 is 0 Å². The van der Waals surface area contributed by atoms with E-state index in [2.05, 4.69) is 11.4 Å². The third-order valence-corrected chi connectivity index (χ3v) is 7.60. The van der Waals surface area contributed by atoms with Gasteiger partial charge >= 0.3 is 0 Å². The van der Waals surface area contributed by atoms with Gasteiger partial charge in [-0.3, -0.25) is 14.4 Å². The van der Waals surface area contributed by atoms with Gasteiger partial charge in [0.25, 0.3) is 5.91 Å². The molecule has 2 saturated carbocycles. The molecule has 3 atom stereocenters. The molecule has 7 heteroatoms. The number of nitrogens with one attached hydrogen (secondary N) is 1. The summed E-state index contributed by atoms with van der Waals surface area (Å²) in [4.78, 5) is 40.1. The van der Waals surface area contributed by atoms with Crippen LogP contribution in [-0.2, 0) is 14.4 Å². The number of amides is 2. The molecule has 1 aromatic rings. The number of carbonyl (C=O) groups is 3. The van der Waals surface area contributed by atoms with Crippen molar-refractivity contribution in [1.82, 2.24) is 10.2 Å². The zero-order valence-corrected chi connectivity index (χ0v) is 19.3. The van der Waals surface area contributed by atoms with Crippen molar-refractivity contribution in [2.24, 2.45) is 11.3 Å². The molecular weight excluding hydrogens is 418 g/mol. The fourth-order valence-corrected chi connectivity index (χ4v) is 5.45. The maximum atomic E-state index is 13.2. The first-order chi connectivity index (χ1) is 15.9. The second kappa shape index (κ2) is 9.94. The van der Waals surface area contributed by atoms with Crippen molar-refractivity contribution in [1.29, 1.82) is 5.26 Å². The topological polar surface area (TPSA) is 99.5 Å². The van der Waals surface area contributed by atoms with Crippen LogP contribution in [0.4, 0.5) is 0 Å². The fraction of sp³-hybridized carbons (Fsp3) is 0.615. The number of hydrogen-bond acceptors (Lipinski definition) is 5. The third kappa shape index (κ3) is 5.38. The van der Waals surface area contributed by atoms with Crippen molar-refractivity contribution in [3.8, 4) is 11.8 Å². The van der Waals surface area contributed by atoms with Gasteiger partial charge in [-0.05, 0) is 63.0 Å². The van der Waals surface area contributed by atoms with Gasteiger partial charge in [-0.15, -0.1) is 0 Å². The van der Waals surface area contributed by atoms with Gasteiger partial charge in [-0.2, -0.15) is 5.26 Å². The van der Waals surface area contributed by atoms with E-state index in [0.717, 1.165) is 44.1 Å². The summed E-state index contributed by atoms with van der Waals surface area (Å²) >= 11 is 0. The minimum Gasteiger partial charge on any atom is -0.484 e. The minimum absolute atomic E-state index is 0.00298. The summed E-state index contributed by atoms with van der Waals surface area (Å²) in [5, 5.41) is 12.5. The van der Waals surface area contributed by atoms with Crippen LogP contribution in [0.1, 0.15) is 63.4 Å². The van der Waals surface area contributed by atoms with Crippen LogP contribution in [0.5, 0.6) is 5.75 Å². The van der Waals surface area contributed by atoms with E-state index in [9.17, 15) is 19.6 Å². The monoisotopic (exact) mass is 451 g/mol. The van der Waals surface area contributed by atoms with Crippen LogP contribution in [-0.4, -0.2) is 47.7 Å². The highest BCUT2D eigenvalue weighted by Gasteiger charge is 2.51. The molecule has 0 aromatic heterocycles. The van der Waals surface area contributed by atoms with Crippen molar-refractivity contribution >= 4 is 17.6 Å². The molecule has 2 aliphatic carbocycles. The molecule has 4 rings (SSSR count). The Bertz CT molecular complexity index is 932. The van der Waals surface area contributed by atoms with E-state index in [0.29, 0.717) is 31.6 Å². The van der Waals surface area contributed by atoms with Gasteiger partial charge in [-0.1, -0.05) is 30.5 Å². The molecule has 1 aliphatic heterocycles. The number of nitrogens with zero attached hydrogens (tertiary/aromatic N) is 2. The van der Waals surface area contributed by atoms with Gasteiger partial charge in [-0.25, -0.2) is 0 Å². The number of likely N-dealkylation sites (tertiary alicyclic amines) is 1. The normalized spacial score (nSPS) is 24.6. The number of ketones is 1. The predicted molar refractivity (Wildman–Crippen MR) is 122 cm³/mol. The highest BCUT2D eigenvalue weighted by Crippen LogP contribution is 2.50. The molecule has 3 aliphatic rings. The first-order valence-electron chi connectivity index (χ1n) is 12.1. The lowest BCUT2D eigenvalue weighted by Crippen LogP contribution is -2.50. The van der Waals surface area contributed by atoms with E-state index in [1.165, 1.54) is 0 Å². The largest absolute Gasteiger partial charge is 0.484 e. The van der Waals surface area contributed by atoms with Crippen molar-refractivity contribution in [2.75, 3.05) is 13.2 Å². The maximum Gasteiger partial charge on any atom is 0.261 e. The van der Waals surface area contributed by atoms with Crippen LogP contribution < -0.4 is 10.1 Å². The first-order valence-corrected chi connectivity index (χ1v) is 12.1. The van der Waals surface area contributed by atoms with Gasteiger partial charge in [0.15, 0.2) is 6.61 Å². The van der Waals surface area contributed by atoms with E-state index in [-0.39, 0.29) is 35.5 Å². The quantitative estimate of drug-likeness (QED) is 0.686. The van der Waals surface area contributed by atoms with Crippen LogP contribution in [0.2, 0.25) is 0 Å². The molecule has 1 spiro atoms. The predicted octanol–water partition coefficient (Wildman–Crippen LogP) is 3.30. The summed E-state index contributed by atoms with van der Waals surface area (Å²) < 4.78 is 5.68. The van der Waals surface area contributed by atoms with Gasteiger partial charge < -0.3 is 15.0 Å². The standard InChI is InChI=1S/C26H33N3O4/c1-18-7-9-21(10-8-18)33-16-24(31)29-17-26(11-4-12-26)14-22(29)25(32)28-20(15-27)13-19-5-2-3-6-23(19)30/h7-10,19-20,22H,2-6,11-14,16-17H2,1H3,(H,28,32)/t19-,20-,22-/m0/s1. The number of ether oxygens (including phenoxy) is 1. The average Bonchev–Trinajstić information content (AvgIpc) is 3.22. The molecule has 0 radical (unpaired) electrons. The smallest absolute Gasteiger partial charge is 0.261 e. The van der Waals surface area contributed by atoms with E-state index in [4.69, 9.17) is 4.74 Å². The van der Waals surface area contributed by atoms with Crippen LogP contribution in [0, 0.1) is 29.6 Å². The van der Waals surface area contributed by atoms with Crippen LogP contribution in [0.15, 0.2) is 24.3 Å². The molecule has 1 saturated heterocycles. The highest BCUT2D eigenvalue weighted by atomic mass is 16.5. The van der Waals surface area contributed by atoms with Crippen molar-refractivity contribution in [3.05, 3.63) is 29.8 Å². The Kier molecular flexibility index (Phi) is 7.02. The number of rotatable bonds is 7. The third-order valence-electron chi connectivity index (χ3n) is 7.60.